The van der Waals surface area contributed by atoms with E-state index in [4.69, 9.17) is 30.2 Å². The zero-order chi connectivity index (χ0) is 27.2. The van der Waals surface area contributed by atoms with E-state index in [0.29, 0.717) is 45.2 Å². The van der Waals surface area contributed by atoms with Gasteiger partial charge in [-0.25, -0.2) is 4.79 Å². The van der Waals surface area contributed by atoms with Gasteiger partial charge in [-0.2, -0.15) is 0 Å². The number of aliphatic hydroxyl groups excluding tert-OH is 2. The number of amides is 1. The van der Waals surface area contributed by atoms with E-state index in [1.165, 1.54) is 6.92 Å². The van der Waals surface area contributed by atoms with Gasteiger partial charge in [0, 0.05) is 18.8 Å². The van der Waals surface area contributed by atoms with E-state index in [0.717, 1.165) is 22.6 Å². The third-order valence-corrected chi connectivity index (χ3v) is 6.38. The first-order valence-electron chi connectivity index (χ1n) is 11.7. The van der Waals surface area contributed by atoms with E-state index in [9.17, 15) is 14.7 Å². The minimum absolute atomic E-state index is 0.00365. The molecule has 0 fully saturated rings. The number of aryl methyl sites for hydroxylation is 1. The molecule has 0 unspecified atom stereocenters. The van der Waals surface area contributed by atoms with E-state index in [1.54, 1.807) is 6.07 Å². The van der Waals surface area contributed by atoms with Crippen LogP contribution in [0.4, 0.5) is 16.4 Å². The largest absolute Gasteiger partial charge is 0.477 e. The number of aliphatic hydroxyl groups is 2. The molecule has 0 atom stereocenters. The molecule has 204 valence electrons. The van der Waals surface area contributed by atoms with Gasteiger partial charge in [-0.1, -0.05) is 0 Å². The number of benzene rings is 1. The van der Waals surface area contributed by atoms with Gasteiger partial charge in [0.15, 0.2) is 5.00 Å². The predicted molar refractivity (Wildman–Crippen MR) is 139 cm³/mol. The summed E-state index contributed by atoms with van der Waals surface area (Å²) in [5.74, 6) is -1.92. The molecule has 12 nitrogen and oxygen atoms in total. The highest BCUT2D eigenvalue weighted by atomic mass is 32.1. The summed E-state index contributed by atoms with van der Waals surface area (Å²) in [5, 5.41) is 35.5. The van der Waals surface area contributed by atoms with Crippen molar-refractivity contribution in [2.75, 3.05) is 70.8 Å². The maximum atomic E-state index is 11.9. The molecule has 0 aliphatic heterocycles. The van der Waals surface area contributed by atoms with E-state index in [2.05, 4.69) is 15.1 Å². The van der Waals surface area contributed by atoms with Crippen LogP contribution >= 0.6 is 11.3 Å². The zero-order valence-corrected chi connectivity index (χ0v) is 21.8. The third-order valence-electron chi connectivity index (χ3n) is 5.22. The number of azo groups is 1. The maximum Gasteiger partial charge on any atom is 0.346 e. The summed E-state index contributed by atoms with van der Waals surface area (Å²) < 4.78 is 16.2. The van der Waals surface area contributed by atoms with E-state index >= 15 is 0 Å². The van der Waals surface area contributed by atoms with Gasteiger partial charge >= 0.3 is 5.97 Å². The number of rotatable bonds is 18. The molecule has 2 rings (SSSR count). The van der Waals surface area contributed by atoms with Crippen LogP contribution in [0.1, 0.15) is 31.2 Å². The van der Waals surface area contributed by atoms with Gasteiger partial charge in [0.1, 0.15) is 4.88 Å². The number of thiophene rings is 1. The molecule has 1 amide bonds. The lowest BCUT2D eigenvalue weighted by molar-refractivity contribution is 0.0347. The number of ether oxygens (including phenoxy) is 3. The molecule has 13 heteroatoms. The first-order valence-corrected chi connectivity index (χ1v) is 12.5. The van der Waals surface area contributed by atoms with Crippen molar-refractivity contribution in [3.05, 3.63) is 39.8 Å². The number of aromatic carboxylic acids is 1. The first kappa shape index (κ1) is 30.3. The minimum atomic E-state index is -1.16. The van der Waals surface area contributed by atoms with Crippen LogP contribution in [0.15, 0.2) is 28.4 Å². The second-order valence-corrected chi connectivity index (χ2v) is 8.85. The van der Waals surface area contributed by atoms with Crippen molar-refractivity contribution in [1.29, 1.82) is 0 Å². The van der Waals surface area contributed by atoms with Crippen LogP contribution < -0.4 is 10.6 Å². The lowest BCUT2D eigenvalue weighted by Gasteiger charge is -2.25. The summed E-state index contributed by atoms with van der Waals surface area (Å²) in [6, 6.07) is 5.58. The van der Waals surface area contributed by atoms with Gasteiger partial charge in [-0.05, 0) is 43.2 Å². The Kier molecular flexibility index (Phi) is 13.1. The summed E-state index contributed by atoms with van der Waals surface area (Å²) in [4.78, 5) is 25.4. The first-order chi connectivity index (χ1) is 17.8. The number of carboxylic acids is 1. The van der Waals surface area contributed by atoms with Crippen molar-refractivity contribution in [3.8, 4) is 0 Å². The molecule has 0 saturated heterocycles. The van der Waals surface area contributed by atoms with Crippen molar-refractivity contribution in [1.82, 2.24) is 0 Å². The second kappa shape index (κ2) is 16.0. The molecule has 2 aromatic rings. The molecule has 0 saturated carbocycles. The van der Waals surface area contributed by atoms with Crippen molar-refractivity contribution in [3.63, 3.8) is 0 Å². The lowest BCUT2D eigenvalue weighted by atomic mass is 10.1. The summed E-state index contributed by atoms with van der Waals surface area (Å²) in [5.41, 5.74) is 8.03. The quantitative estimate of drug-likeness (QED) is 0.164. The highest BCUT2D eigenvalue weighted by Gasteiger charge is 2.23. The monoisotopic (exact) mass is 538 g/mol. The van der Waals surface area contributed by atoms with E-state index in [-0.39, 0.29) is 47.4 Å². The number of nitrogens with two attached hydrogens (primary N) is 1. The molecule has 5 N–H and O–H groups in total. The van der Waals surface area contributed by atoms with Crippen molar-refractivity contribution >= 4 is 39.6 Å². The molecule has 1 heterocycles. The average molecular weight is 539 g/mol. The molecule has 0 aliphatic carbocycles. The van der Waals surface area contributed by atoms with Crippen LogP contribution in [0.25, 0.3) is 0 Å². The van der Waals surface area contributed by atoms with Crippen LogP contribution in [0.3, 0.4) is 0 Å². The fourth-order valence-electron chi connectivity index (χ4n) is 3.38. The van der Waals surface area contributed by atoms with Gasteiger partial charge in [0.05, 0.1) is 64.1 Å². The number of carbonyl (C=O) groups is 2. The average Bonchev–Trinajstić information content (AvgIpc) is 3.20. The second-order valence-electron chi connectivity index (χ2n) is 7.85. The topological polar surface area (TPSA) is 176 Å². The van der Waals surface area contributed by atoms with Crippen molar-refractivity contribution < 1.29 is 39.1 Å². The summed E-state index contributed by atoms with van der Waals surface area (Å²) >= 11 is 0.850. The number of carboxylic acid groups (broad SMARTS) is 1. The molecular weight excluding hydrogens is 504 g/mol. The number of nitrogens with zero attached hydrogens (tertiary/aromatic N) is 3. The van der Waals surface area contributed by atoms with Gasteiger partial charge in [-0.15, -0.1) is 21.6 Å². The zero-order valence-electron chi connectivity index (χ0n) is 21.0. The Labute approximate surface area is 219 Å². The standard InChI is InChI=1S/C24H34N4O8S/c1-16-15-18(28(5-9-34-11-7-29)6-10-35-13-14-36-12-8-30)3-4-19(16)26-27-23-20(22(25)31)17(2)21(37-23)24(32)33/h3-4,15,29-30H,5-14H2,1-2H3,(H2,25,31)(H,32,33). The molecule has 0 spiro atoms. The SMILES string of the molecule is Cc1cc(N(CCOCCO)CCOCCOCCO)ccc1N=Nc1sc(C(=O)O)c(C)c1C(N)=O. The molecular formula is C24H34N4O8S. The number of hydrogen-bond donors (Lipinski definition) is 4. The Bertz CT molecular complexity index is 1060. The van der Waals surface area contributed by atoms with E-state index in [1.807, 2.05) is 19.1 Å². The molecule has 0 radical (unpaired) electrons. The van der Waals surface area contributed by atoms with Crippen LogP contribution in [-0.2, 0) is 14.2 Å². The highest BCUT2D eigenvalue weighted by molar-refractivity contribution is 7.18. The number of carbonyl (C=O) groups excluding carboxylic acids is 1. The van der Waals surface area contributed by atoms with Gasteiger partial charge < -0.3 is 40.2 Å². The summed E-state index contributed by atoms with van der Waals surface area (Å²) in [7, 11) is 0. The third kappa shape index (κ3) is 9.46. The predicted octanol–water partition coefficient (Wildman–Crippen LogP) is 2.42. The minimum Gasteiger partial charge on any atom is -0.477 e. The fourth-order valence-corrected chi connectivity index (χ4v) is 4.36. The van der Waals surface area contributed by atoms with Crippen LogP contribution in [-0.4, -0.2) is 93.1 Å². The summed E-state index contributed by atoms with van der Waals surface area (Å²) in [6.45, 7) is 6.65. The van der Waals surface area contributed by atoms with Crippen LogP contribution in [0.2, 0.25) is 0 Å². The smallest absolute Gasteiger partial charge is 0.346 e. The molecule has 37 heavy (non-hydrogen) atoms. The fraction of sp³-hybridized carbons (Fsp3) is 0.500. The maximum absolute atomic E-state index is 11.9. The molecule has 0 bridgehead atoms. The van der Waals surface area contributed by atoms with Crippen LogP contribution in [0, 0.1) is 13.8 Å². The Morgan fingerprint density at radius 3 is 2.08 bits per heavy atom. The lowest BCUT2D eigenvalue weighted by Crippen LogP contribution is -2.31. The highest BCUT2D eigenvalue weighted by Crippen LogP contribution is 2.36. The number of anilines is 1. The van der Waals surface area contributed by atoms with E-state index < -0.39 is 11.9 Å². The molecule has 1 aromatic carbocycles. The molecule has 1 aromatic heterocycles. The van der Waals surface area contributed by atoms with Crippen molar-refractivity contribution in [2.45, 2.75) is 13.8 Å². The Morgan fingerprint density at radius 2 is 1.54 bits per heavy atom. The van der Waals surface area contributed by atoms with Gasteiger partial charge in [-0.3, -0.25) is 4.79 Å². The van der Waals surface area contributed by atoms with Gasteiger partial charge in [0.25, 0.3) is 5.91 Å². The van der Waals surface area contributed by atoms with Crippen molar-refractivity contribution in [2.24, 2.45) is 16.0 Å². The van der Waals surface area contributed by atoms with Gasteiger partial charge in [0.2, 0.25) is 0 Å². The summed E-state index contributed by atoms with van der Waals surface area (Å²) in [6.07, 6.45) is 0. The molecule has 0 aliphatic rings. The Balaban J connectivity index is 2.14. The Hall–Kier alpha value is -2.94. The normalized spacial score (nSPS) is 11.4. The number of hydrogen-bond acceptors (Lipinski definition) is 11. The number of primary amides is 1. The Morgan fingerprint density at radius 1 is 0.946 bits per heavy atom. The van der Waals surface area contributed by atoms with Crippen LogP contribution in [0.5, 0.6) is 0 Å².